The molecule has 1 N–H and O–H groups in total. The van der Waals surface area contributed by atoms with Crippen LogP contribution in [0, 0.1) is 13.8 Å². The number of hydrogen-bond acceptors (Lipinski definition) is 3. The first-order valence-electron chi connectivity index (χ1n) is 5.11. The minimum absolute atomic E-state index is 0.0169. The number of aromatic nitrogens is 1. The number of ketones is 1. The fourth-order valence-electron chi connectivity index (χ4n) is 1.81. The predicted molar refractivity (Wildman–Crippen MR) is 62.9 cm³/mol. The van der Waals surface area contributed by atoms with Crippen LogP contribution in [0.3, 0.4) is 0 Å². The van der Waals surface area contributed by atoms with E-state index in [1.807, 2.05) is 26.0 Å². The van der Waals surface area contributed by atoms with E-state index in [2.05, 4.69) is 4.98 Å². The second kappa shape index (κ2) is 3.59. The molecule has 0 bridgehead atoms. The number of carbonyl (C=O) groups is 1. The zero-order valence-corrected chi connectivity index (χ0v) is 9.53. The van der Waals surface area contributed by atoms with Crippen LogP contribution in [0.25, 0.3) is 10.9 Å². The molecule has 0 amide bonds. The van der Waals surface area contributed by atoms with Crippen molar-refractivity contribution in [2.45, 2.75) is 20.8 Å². The van der Waals surface area contributed by atoms with E-state index in [1.165, 1.54) is 6.92 Å². The first kappa shape index (κ1) is 10.6. The summed E-state index contributed by atoms with van der Waals surface area (Å²) in [6, 6.07) is 5.51. The quantitative estimate of drug-likeness (QED) is 0.744. The molecule has 0 atom stereocenters. The van der Waals surface area contributed by atoms with E-state index in [-0.39, 0.29) is 11.5 Å². The highest BCUT2D eigenvalue weighted by Crippen LogP contribution is 2.30. The Labute approximate surface area is 93.7 Å². The molecule has 0 aliphatic heterocycles. The van der Waals surface area contributed by atoms with Gasteiger partial charge in [0.2, 0.25) is 0 Å². The number of phenols is 1. The topological polar surface area (TPSA) is 50.2 Å². The fourth-order valence-corrected chi connectivity index (χ4v) is 1.81. The maximum absolute atomic E-state index is 11.4. The number of fused-ring (bicyclic) bond motifs is 1. The molecule has 0 aliphatic carbocycles. The van der Waals surface area contributed by atoms with Crippen molar-refractivity contribution in [2.75, 3.05) is 0 Å². The van der Waals surface area contributed by atoms with E-state index in [1.54, 1.807) is 6.07 Å². The lowest BCUT2D eigenvalue weighted by atomic mass is 10.0. The summed E-state index contributed by atoms with van der Waals surface area (Å²) in [6.07, 6.45) is 0. The molecule has 0 unspecified atom stereocenters. The normalized spacial score (nSPS) is 10.7. The average Bonchev–Trinajstić information content (AvgIpc) is 2.22. The van der Waals surface area contributed by atoms with E-state index in [0.717, 1.165) is 16.6 Å². The molecule has 82 valence electrons. The van der Waals surface area contributed by atoms with Crippen molar-refractivity contribution in [1.82, 2.24) is 4.98 Å². The summed E-state index contributed by atoms with van der Waals surface area (Å²) in [5, 5.41) is 10.9. The second-order valence-electron chi connectivity index (χ2n) is 3.99. The minimum Gasteiger partial charge on any atom is -0.505 e. The van der Waals surface area contributed by atoms with Crippen molar-refractivity contribution in [2.24, 2.45) is 0 Å². The standard InChI is InChI=1S/C13H13NO2/c1-7-6-11(9(3)15)13(16)12-10(7)5-4-8(2)14-12/h4-6,16H,1-3H3. The van der Waals surface area contributed by atoms with Gasteiger partial charge in [-0.25, -0.2) is 4.98 Å². The van der Waals surface area contributed by atoms with Gasteiger partial charge in [0, 0.05) is 11.1 Å². The molecule has 0 fully saturated rings. The Bertz CT molecular complexity index is 588. The lowest BCUT2D eigenvalue weighted by Crippen LogP contribution is -1.97. The lowest BCUT2D eigenvalue weighted by Gasteiger charge is -2.08. The number of pyridine rings is 1. The van der Waals surface area contributed by atoms with Crippen LogP contribution < -0.4 is 0 Å². The Kier molecular flexibility index (Phi) is 2.38. The van der Waals surface area contributed by atoms with Gasteiger partial charge in [-0.15, -0.1) is 0 Å². The summed E-state index contributed by atoms with van der Waals surface area (Å²) < 4.78 is 0. The van der Waals surface area contributed by atoms with Gasteiger partial charge in [0.1, 0.15) is 5.52 Å². The van der Waals surface area contributed by atoms with E-state index < -0.39 is 0 Å². The van der Waals surface area contributed by atoms with Crippen LogP contribution in [-0.2, 0) is 0 Å². The van der Waals surface area contributed by atoms with Gasteiger partial charge >= 0.3 is 0 Å². The predicted octanol–water partition coefficient (Wildman–Crippen LogP) is 2.76. The Morgan fingerprint density at radius 2 is 2.00 bits per heavy atom. The summed E-state index contributed by atoms with van der Waals surface area (Å²) in [5.74, 6) is -0.164. The molecule has 1 aromatic heterocycles. The number of benzene rings is 1. The Hall–Kier alpha value is -1.90. The van der Waals surface area contributed by atoms with Gasteiger partial charge < -0.3 is 5.11 Å². The highest BCUT2D eigenvalue weighted by molar-refractivity contribution is 6.03. The number of phenolic OH excluding ortho intramolecular Hbond substituents is 1. The third-order valence-electron chi connectivity index (χ3n) is 2.68. The summed E-state index contributed by atoms with van der Waals surface area (Å²) in [6.45, 7) is 5.20. The molecule has 2 rings (SSSR count). The van der Waals surface area contributed by atoms with Crippen LogP contribution in [0.5, 0.6) is 5.75 Å². The van der Waals surface area contributed by atoms with Crippen LogP contribution in [0.4, 0.5) is 0 Å². The van der Waals surface area contributed by atoms with Crippen molar-refractivity contribution in [3.8, 4) is 5.75 Å². The highest BCUT2D eigenvalue weighted by atomic mass is 16.3. The molecule has 0 saturated carbocycles. The van der Waals surface area contributed by atoms with Crippen molar-refractivity contribution in [3.63, 3.8) is 0 Å². The SMILES string of the molecule is CC(=O)c1cc(C)c2ccc(C)nc2c1O. The van der Waals surface area contributed by atoms with Crippen LogP contribution in [0.15, 0.2) is 18.2 Å². The highest BCUT2D eigenvalue weighted by Gasteiger charge is 2.13. The van der Waals surface area contributed by atoms with Crippen molar-refractivity contribution < 1.29 is 9.90 Å². The number of aromatic hydroxyl groups is 1. The van der Waals surface area contributed by atoms with E-state index in [4.69, 9.17) is 0 Å². The summed E-state index contributed by atoms with van der Waals surface area (Å²) in [4.78, 5) is 15.6. The molecule has 1 heterocycles. The summed E-state index contributed by atoms with van der Waals surface area (Å²) >= 11 is 0. The average molecular weight is 215 g/mol. The van der Waals surface area contributed by atoms with Gasteiger partial charge in [0.15, 0.2) is 11.5 Å². The Morgan fingerprint density at radius 3 is 2.62 bits per heavy atom. The van der Waals surface area contributed by atoms with Crippen molar-refractivity contribution in [1.29, 1.82) is 0 Å². The largest absolute Gasteiger partial charge is 0.505 e. The number of rotatable bonds is 1. The number of aryl methyl sites for hydroxylation is 2. The molecule has 1 aromatic carbocycles. The summed E-state index contributed by atoms with van der Waals surface area (Å²) in [5.41, 5.74) is 2.61. The minimum atomic E-state index is -0.147. The van der Waals surface area contributed by atoms with Gasteiger partial charge in [-0.2, -0.15) is 0 Å². The number of nitrogens with zero attached hydrogens (tertiary/aromatic N) is 1. The van der Waals surface area contributed by atoms with Crippen molar-refractivity contribution >= 4 is 16.7 Å². The molecule has 2 aromatic rings. The molecular weight excluding hydrogens is 202 g/mol. The molecule has 0 spiro atoms. The van der Waals surface area contributed by atoms with E-state index in [0.29, 0.717) is 11.1 Å². The maximum atomic E-state index is 11.4. The van der Waals surface area contributed by atoms with Gasteiger partial charge in [-0.1, -0.05) is 6.07 Å². The van der Waals surface area contributed by atoms with Gasteiger partial charge in [0.05, 0.1) is 5.56 Å². The maximum Gasteiger partial charge on any atom is 0.163 e. The van der Waals surface area contributed by atoms with E-state index >= 15 is 0 Å². The molecule has 16 heavy (non-hydrogen) atoms. The van der Waals surface area contributed by atoms with Gasteiger partial charge in [-0.05, 0) is 38.5 Å². The summed E-state index contributed by atoms with van der Waals surface area (Å²) in [7, 11) is 0. The molecular formula is C13H13NO2. The van der Waals surface area contributed by atoms with Crippen molar-refractivity contribution in [3.05, 3.63) is 35.0 Å². The zero-order valence-electron chi connectivity index (χ0n) is 9.53. The molecule has 0 saturated heterocycles. The number of Topliss-reactive ketones (excluding diaryl/α,β-unsaturated/α-hetero) is 1. The number of carbonyl (C=O) groups excluding carboxylic acids is 1. The Balaban J connectivity index is 2.91. The molecule has 3 heteroatoms. The number of hydrogen-bond donors (Lipinski definition) is 1. The van der Waals surface area contributed by atoms with Crippen LogP contribution in [-0.4, -0.2) is 15.9 Å². The zero-order chi connectivity index (χ0) is 11.9. The third-order valence-corrected chi connectivity index (χ3v) is 2.68. The smallest absolute Gasteiger partial charge is 0.163 e. The first-order valence-corrected chi connectivity index (χ1v) is 5.11. The van der Waals surface area contributed by atoms with Gasteiger partial charge in [-0.3, -0.25) is 4.79 Å². The van der Waals surface area contributed by atoms with Crippen LogP contribution in [0.2, 0.25) is 0 Å². The molecule has 3 nitrogen and oxygen atoms in total. The molecule has 0 radical (unpaired) electrons. The van der Waals surface area contributed by atoms with Gasteiger partial charge in [0.25, 0.3) is 0 Å². The Morgan fingerprint density at radius 1 is 1.31 bits per heavy atom. The lowest BCUT2D eigenvalue weighted by molar-refractivity contribution is 0.101. The second-order valence-corrected chi connectivity index (χ2v) is 3.99. The third kappa shape index (κ3) is 1.54. The first-order chi connectivity index (χ1) is 7.50. The molecule has 0 aliphatic rings. The van der Waals surface area contributed by atoms with E-state index in [9.17, 15) is 9.90 Å². The van der Waals surface area contributed by atoms with Crippen LogP contribution >= 0.6 is 0 Å². The monoisotopic (exact) mass is 215 g/mol. The van der Waals surface area contributed by atoms with Crippen LogP contribution in [0.1, 0.15) is 28.5 Å². The fraction of sp³-hybridized carbons (Fsp3) is 0.231.